The largest absolute Gasteiger partial charge is 0.472 e. The minimum Gasteiger partial charge on any atom is -0.462 e. The first kappa shape index (κ1) is 85.1. The Bertz CT molecular complexity index is 1730. The number of aliphatic hydroxyl groups is 1. The molecule has 19 heteroatoms. The van der Waals surface area contributed by atoms with Crippen LogP contribution in [0.5, 0.6) is 0 Å². The van der Waals surface area contributed by atoms with Crippen molar-refractivity contribution in [3.8, 4) is 0 Å². The molecular formula is C68H132O17P2. The number of hydrogen-bond acceptors (Lipinski definition) is 15. The molecule has 0 aromatic heterocycles. The van der Waals surface area contributed by atoms with Gasteiger partial charge in [-0.1, -0.05) is 280 Å². The van der Waals surface area contributed by atoms with Crippen LogP contribution in [0.2, 0.25) is 0 Å². The maximum Gasteiger partial charge on any atom is 0.472 e. The van der Waals surface area contributed by atoms with E-state index < -0.39 is 97.5 Å². The van der Waals surface area contributed by atoms with Gasteiger partial charge in [-0.25, -0.2) is 9.13 Å². The lowest BCUT2D eigenvalue weighted by Gasteiger charge is -2.21. The average molecular weight is 1280 g/mol. The SMILES string of the molecule is CC(C)CCCCCCCCCCCCCCCC(=O)OC[C@H](COP(=O)(O)OCC(O)COP(=O)(O)OC[C@@H](COC(=O)CCCCCCCCCC(C)C)OC(=O)CCCCCCCCC(C)C)OC(=O)CCCCCCCCCCCC(C)C. The van der Waals surface area contributed by atoms with E-state index in [2.05, 4.69) is 55.4 Å². The molecule has 0 saturated heterocycles. The zero-order valence-corrected chi connectivity index (χ0v) is 58.4. The summed E-state index contributed by atoms with van der Waals surface area (Å²) in [5.74, 6) is 0.765. The summed E-state index contributed by atoms with van der Waals surface area (Å²) >= 11 is 0. The molecule has 0 amide bonds. The van der Waals surface area contributed by atoms with Gasteiger partial charge < -0.3 is 33.8 Å². The summed E-state index contributed by atoms with van der Waals surface area (Å²) in [5.41, 5.74) is 0. The van der Waals surface area contributed by atoms with Crippen LogP contribution in [-0.4, -0.2) is 96.7 Å². The predicted octanol–water partition coefficient (Wildman–Crippen LogP) is 18.9. The van der Waals surface area contributed by atoms with Crippen molar-refractivity contribution in [2.45, 2.75) is 350 Å². The Labute approximate surface area is 530 Å². The molecule has 3 unspecified atom stereocenters. The second-order valence-electron chi connectivity index (χ2n) is 26.5. The minimum absolute atomic E-state index is 0.101. The van der Waals surface area contributed by atoms with Gasteiger partial charge in [-0.3, -0.25) is 37.3 Å². The van der Waals surface area contributed by atoms with Crippen LogP contribution in [0.15, 0.2) is 0 Å². The van der Waals surface area contributed by atoms with E-state index in [9.17, 15) is 43.2 Å². The van der Waals surface area contributed by atoms with Crippen molar-refractivity contribution in [3.63, 3.8) is 0 Å². The van der Waals surface area contributed by atoms with E-state index in [0.717, 1.165) is 108 Å². The maximum atomic E-state index is 13.0. The maximum absolute atomic E-state index is 13.0. The topological polar surface area (TPSA) is 237 Å². The summed E-state index contributed by atoms with van der Waals surface area (Å²) in [4.78, 5) is 72.4. The van der Waals surface area contributed by atoms with Crippen molar-refractivity contribution in [1.29, 1.82) is 0 Å². The highest BCUT2D eigenvalue weighted by Gasteiger charge is 2.30. The molecule has 5 atom stereocenters. The molecule has 87 heavy (non-hydrogen) atoms. The van der Waals surface area contributed by atoms with Crippen molar-refractivity contribution in [3.05, 3.63) is 0 Å². The molecule has 516 valence electrons. The fourth-order valence-electron chi connectivity index (χ4n) is 10.1. The number of unbranched alkanes of at least 4 members (excludes halogenated alkanes) is 31. The van der Waals surface area contributed by atoms with Crippen LogP contribution in [0.1, 0.15) is 331 Å². The quantitative estimate of drug-likeness (QED) is 0.0222. The van der Waals surface area contributed by atoms with E-state index in [4.69, 9.17) is 37.0 Å². The summed E-state index contributed by atoms with van der Waals surface area (Å²) in [6, 6.07) is 0. The highest BCUT2D eigenvalue weighted by atomic mass is 31.2. The second kappa shape index (κ2) is 57.9. The van der Waals surface area contributed by atoms with Gasteiger partial charge in [-0.2, -0.15) is 0 Å². The molecular weight excluding hydrogens is 1150 g/mol. The van der Waals surface area contributed by atoms with Crippen LogP contribution in [0.3, 0.4) is 0 Å². The molecule has 0 aliphatic rings. The highest BCUT2D eigenvalue weighted by molar-refractivity contribution is 7.47. The zero-order valence-electron chi connectivity index (χ0n) is 56.6. The van der Waals surface area contributed by atoms with Crippen LogP contribution in [-0.2, 0) is 65.4 Å². The normalized spacial score (nSPS) is 14.3. The number of rotatable bonds is 65. The van der Waals surface area contributed by atoms with Gasteiger partial charge in [0.05, 0.1) is 26.4 Å². The molecule has 0 spiro atoms. The monoisotopic (exact) mass is 1280 g/mol. The Morgan fingerprint density at radius 1 is 0.287 bits per heavy atom. The summed E-state index contributed by atoms with van der Waals surface area (Å²) < 4.78 is 68.1. The average Bonchev–Trinajstić information content (AvgIpc) is 3.48. The molecule has 0 saturated carbocycles. The zero-order chi connectivity index (χ0) is 64.7. The third-order valence-corrected chi connectivity index (χ3v) is 17.5. The van der Waals surface area contributed by atoms with Gasteiger partial charge >= 0.3 is 39.5 Å². The Balaban J connectivity index is 5.22. The highest BCUT2D eigenvalue weighted by Crippen LogP contribution is 2.45. The van der Waals surface area contributed by atoms with Crippen molar-refractivity contribution in [1.82, 2.24) is 0 Å². The lowest BCUT2D eigenvalue weighted by molar-refractivity contribution is -0.161. The third-order valence-electron chi connectivity index (χ3n) is 15.6. The van der Waals surface area contributed by atoms with Gasteiger partial charge in [-0.15, -0.1) is 0 Å². The first-order valence-electron chi connectivity index (χ1n) is 35.2. The molecule has 0 aliphatic heterocycles. The van der Waals surface area contributed by atoms with Gasteiger partial charge in [0, 0.05) is 25.7 Å². The van der Waals surface area contributed by atoms with Gasteiger partial charge in [0.25, 0.3) is 0 Å². The van der Waals surface area contributed by atoms with Crippen LogP contribution in [0.25, 0.3) is 0 Å². The summed E-state index contributed by atoms with van der Waals surface area (Å²) in [5, 5.41) is 10.6. The van der Waals surface area contributed by atoms with Crippen molar-refractivity contribution in [2.75, 3.05) is 39.6 Å². The summed E-state index contributed by atoms with van der Waals surface area (Å²) in [7, 11) is -9.90. The minimum atomic E-state index is -4.95. The van der Waals surface area contributed by atoms with Gasteiger partial charge in [0.1, 0.15) is 19.3 Å². The van der Waals surface area contributed by atoms with Crippen molar-refractivity contribution < 1.29 is 80.2 Å². The number of phosphoric ester groups is 2. The van der Waals surface area contributed by atoms with Gasteiger partial charge in [0.15, 0.2) is 12.2 Å². The molecule has 3 N–H and O–H groups in total. The van der Waals surface area contributed by atoms with Crippen molar-refractivity contribution in [2.24, 2.45) is 23.7 Å². The van der Waals surface area contributed by atoms with E-state index in [1.54, 1.807) is 0 Å². The molecule has 0 aliphatic carbocycles. The van der Waals surface area contributed by atoms with E-state index in [1.807, 2.05) is 0 Å². The number of aliphatic hydroxyl groups excluding tert-OH is 1. The van der Waals surface area contributed by atoms with E-state index in [1.165, 1.54) is 128 Å². The van der Waals surface area contributed by atoms with Crippen molar-refractivity contribution >= 4 is 39.5 Å². The standard InChI is InChI=1S/C68H132O17P2/c1-58(2)44-36-28-20-15-12-10-9-11-13-17-23-32-40-48-65(70)78-54-63(84-67(72)50-42-34-24-18-14-16-21-29-37-45-59(3)4)56-82-86(74,75)80-52-62(69)53-81-87(76,77)83-57-64(85-68(73)51-43-35-27-26-31-39-47-61(7)8)55-79-66(71)49-41-33-25-19-22-30-38-46-60(5)6/h58-64,69H,9-57H2,1-8H3,(H,74,75)(H,76,77)/t62?,63-,64-/m1/s1. The van der Waals surface area contributed by atoms with Gasteiger partial charge in [-0.05, 0) is 49.4 Å². The van der Waals surface area contributed by atoms with Gasteiger partial charge in [0.2, 0.25) is 0 Å². The summed E-state index contributed by atoms with van der Waals surface area (Å²) in [6.45, 7) is 14.0. The fourth-order valence-corrected chi connectivity index (χ4v) is 11.7. The Morgan fingerprint density at radius 3 is 0.713 bits per heavy atom. The second-order valence-corrected chi connectivity index (χ2v) is 29.4. The molecule has 0 aromatic rings. The first-order chi connectivity index (χ1) is 41.6. The fraction of sp³-hybridized carbons (Fsp3) is 0.941. The Morgan fingerprint density at radius 2 is 0.483 bits per heavy atom. The van der Waals surface area contributed by atoms with Crippen LogP contribution >= 0.6 is 15.6 Å². The van der Waals surface area contributed by atoms with E-state index in [-0.39, 0.29) is 25.7 Å². The predicted molar refractivity (Wildman–Crippen MR) is 349 cm³/mol. The number of esters is 4. The number of hydrogen-bond donors (Lipinski definition) is 3. The lowest BCUT2D eigenvalue weighted by atomic mass is 10.0. The van der Waals surface area contributed by atoms with E-state index >= 15 is 0 Å². The number of carbonyl (C=O) groups excluding carboxylic acids is 4. The van der Waals surface area contributed by atoms with E-state index in [0.29, 0.717) is 37.5 Å². The molecule has 0 bridgehead atoms. The number of phosphoric acid groups is 2. The molecule has 0 rings (SSSR count). The first-order valence-corrected chi connectivity index (χ1v) is 38.2. The number of ether oxygens (including phenoxy) is 4. The Hall–Kier alpha value is -1.94. The molecule has 0 radical (unpaired) electrons. The lowest BCUT2D eigenvalue weighted by Crippen LogP contribution is -2.30. The smallest absolute Gasteiger partial charge is 0.462 e. The summed E-state index contributed by atoms with van der Waals surface area (Å²) in [6.07, 6.45) is 39.2. The number of carbonyl (C=O) groups is 4. The molecule has 0 heterocycles. The third kappa shape index (κ3) is 62.6. The van der Waals surface area contributed by atoms with Crippen LogP contribution in [0.4, 0.5) is 0 Å². The van der Waals surface area contributed by atoms with Crippen LogP contribution < -0.4 is 0 Å². The molecule has 17 nitrogen and oxygen atoms in total. The molecule has 0 aromatic carbocycles. The van der Waals surface area contributed by atoms with Crippen LogP contribution in [0, 0.1) is 23.7 Å². The molecule has 0 fully saturated rings. The Kier molecular flexibility index (Phi) is 56.6.